The van der Waals surface area contributed by atoms with Gasteiger partial charge in [-0.2, -0.15) is 0 Å². The van der Waals surface area contributed by atoms with Gasteiger partial charge in [0.15, 0.2) is 0 Å². The third kappa shape index (κ3) is 4.57. The second-order valence-electron chi connectivity index (χ2n) is 5.43. The summed E-state index contributed by atoms with van der Waals surface area (Å²) in [6.07, 6.45) is 0.952. The monoisotopic (exact) mass is 327 g/mol. The first-order valence-electron chi connectivity index (χ1n) is 7.74. The first-order chi connectivity index (χ1) is 11.5. The number of carbonyl (C=O) groups is 2. The molecule has 1 atom stereocenters. The zero-order valence-corrected chi connectivity index (χ0v) is 13.7. The minimum atomic E-state index is -0.574. The van der Waals surface area contributed by atoms with E-state index in [1.165, 1.54) is 5.56 Å². The molecule has 3 amide bonds. The van der Waals surface area contributed by atoms with Crippen LogP contribution in [0.25, 0.3) is 0 Å². The van der Waals surface area contributed by atoms with Gasteiger partial charge in [-0.25, -0.2) is 10.3 Å². The number of hydroxylamine groups is 1. The molecule has 0 aromatic heterocycles. The van der Waals surface area contributed by atoms with Crippen molar-refractivity contribution in [2.24, 2.45) is 0 Å². The molecule has 0 saturated carbocycles. The molecule has 6 nitrogen and oxygen atoms in total. The van der Waals surface area contributed by atoms with Crippen molar-refractivity contribution in [3.8, 4) is 0 Å². The Bertz CT molecular complexity index is 696. The van der Waals surface area contributed by atoms with Gasteiger partial charge in [0, 0.05) is 11.3 Å². The fourth-order valence-electron chi connectivity index (χ4n) is 2.26. The van der Waals surface area contributed by atoms with E-state index in [1.54, 1.807) is 29.7 Å². The summed E-state index contributed by atoms with van der Waals surface area (Å²) in [5, 5.41) is 14.2. The van der Waals surface area contributed by atoms with Crippen LogP contribution in [0.4, 0.5) is 10.5 Å². The Morgan fingerprint density at radius 3 is 2.21 bits per heavy atom. The molecule has 2 aromatic carbocycles. The van der Waals surface area contributed by atoms with E-state index in [1.807, 2.05) is 31.2 Å². The van der Waals surface area contributed by atoms with Crippen molar-refractivity contribution in [1.29, 1.82) is 0 Å². The van der Waals surface area contributed by atoms with Crippen molar-refractivity contribution >= 4 is 17.6 Å². The normalized spacial score (nSPS) is 11.5. The quantitative estimate of drug-likeness (QED) is 0.502. The lowest BCUT2D eigenvalue weighted by atomic mass is 10.1. The molecule has 6 heteroatoms. The minimum Gasteiger partial charge on any atom is -0.331 e. The largest absolute Gasteiger partial charge is 0.331 e. The molecule has 0 aliphatic rings. The summed E-state index contributed by atoms with van der Waals surface area (Å²) in [5.74, 6) is -0.574. The van der Waals surface area contributed by atoms with Crippen LogP contribution < -0.4 is 16.1 Å². The third-order valence-electron chi connectivity index (χ3n) is 3.74. The van der Waals surface area contributed by atoms with E-state index in [0.29, 0.717) is 5.56 Å². The van der Waals surface area contributed by atoms with Gasteiger partial charge in [-0.3, -0.25) is 10.0 Å². The predicted octanol–water partition coefficient (Wildman–Crippen LogP) is 3.25. The summed E-state index contributed by atoms with van der Waals surface area (Å²) in [6.45, 7) is 3.92. The van der Waals surface area contributed by atoms with Gasteiger partial charge >= 0.3 is 6.03 Å². The summed E-state index contributed by atoms with van der Waals surface area (Å²) in [4.78, 5) is 23.3. The second kappa shape index (κ2) is 8.12. The van der Waals surface area contributed by atoms with Crippen LogP contribution in [-0.4, -0.2) is 17.1 Å². The van der Waals surface area contributed by atoms with E-state index >= 15 is 0 Å². The smallest absolute Gasteiger partial charge is 0.319 e. The molecule has 0 fully saturated rings. The van der Waals surface area contributed by atoms with Gasteiger partial charge in [0.2, 0.25) is 0 Å². The summed E-state index contributed by atoms with van der Waals surface area (Å²) in [5.41, 5.74) is 4.71. The number of nitrogens with one attached hydrogen (secondary N) is 3. The Morgan fingerprint density at radius 2 is 1.67 bits per heavy atom. The lowest BCUT2D eigenvalue weighted by molar-refractivity contribution is 0.0706. The topological polar surface area (TPSA) is 90.5 Å². The fourth-order valence-corrected chi connectivity index (χ4v) is 2.26. The molecule has 126 valence electrons. The SMILES string of the molecule is CCc1ccc(NC(=O)NC(C)c2ccc(C(=O)NO)cc2)cc1. The highest BCUT2D eigenvalue weighted by atomic mass is 16.5. The van der Waals surface area contributed by atoms with E-state index < -0.39 is 5.91 Å². The number of benzene rings is 2. The molecule has 1 unspecified atom stereocenters. The Kier molecular flexibility index (Phi) is 5.92. The van der Waals surface area contributed by atoms with Gasteiger partial charge in [0.05, 0.1) is 6.04 Å². The predicted molar refractivity (Wildman–Crippen MR) is 92.1 cm³/mol. The third-order valence-corrected chi connectivity index (χ3v) is 3.74. The Balaban J connectivity index is 1.94. The Morgan fingerprint density at radius 1 is 1.04 bits per heavy atom. The highest BCUT2D eigenvalue weighted by molar-refractivity contribution is 5.93. The van der Waals surface area contributed by atoms with Crippen LogP contribution in [0.15, 0.2) is 48.5 Å². The number of amides is 3. The van der Waals surface area contributed by atoms with E-state index in [4.69, 9.17) is 5.21 Å². The van der Waals surface area contributed by atoms with Crippen molar-refractivity contribution < 1.29 is 14.8 Å². The number of aryl methyl sites for hydroxylation is 1. The maximum absolute atomic E-state index is 12.1. The summed E-state index contributed by atoms with van der Waals surface area (Å²) in [7, 11) is 0. The molecule has 4 N–H and O–H groups in total. The van der Waals surface area contributed by atoms with Gasteiger partial charge in [-0.1, -0.05) is 31.2 Å². The summed E-state index contributed by atoms with van der Waals surface area (Å²) < 4.78 is 0. The van der Waals surface area contributed by atoms with Crippen molar-refractivity contribution in [3.05, 3.63) is 65.2 Å². The van der Waals surface area contributed by atoms with Crippen LogP contribution in [0.3, 0.4) is 0 Å². The first-order valence-corrected chi connectivity index (χ1v) is 7.74. The lowest BCUT2D eigenvalue weighted by Gasteiger charge is -2.15. The maximum Gasteiger partial charge on any atom is 0.319 e. The van der Waals surface area contributed by atoms with Crippen LogP contribution in [0, 0.1) is 0 Å². The molecule has 0 spiro atoms. The molecule has 2 rings (SSSR count). The molecule has 0 aliphatic heterocycles. The van der Waals surface area contributed by atoms with Crippen molar-refractivity contribution in [2.45, 2.75) is 26.3 Å². The first kappa shape index (κ1) is 17.5. The van der Waals surface area contributed by atoms with Gasteiger partial charge in [0.25, 0.3) is 5.91 Å². The molecule has 24 heavy (non-hydrogen) atoms. The van der Waals surface area contributed by atoms with E-state index in [9.17, 15) is 9.59 Å². The molecule has 0 aliphatic carbocycles. The van der Waals surface area contributed by atoms with Gasteiger partial charge < -0.3 is 10.6 Å². The molecule has 2 aromatic rings. The molecule has 0 saturated heterocycles. The molecule has 0 bridgehead atoms. The van der Waals surface area contributed by atoms with Crippen LogP contribution in [0.5, 0.6) is 0 Å². The van der Waals surface area contributed by atoms with Gasteiger partial charge in [-0.15, -0.1) is 0 Å². The van der Waals surface area contributed by atoms with Gasteiger partial charge in [0.1, 0.15) is 0 Å². The molecule has 0 radical (unpaired) electrons. The number of hydrogen-bond donors (Lipinski definition) is 4. The molecular formula is C18H21N3O3. The average Bonchev–Trinajstić information content (AvgIpc) is 2.61. The Labute approximate surface area is 140 Å². The maximum atomic E-state index is 12.1. The Hall–Kier alpha value is -2.86. The zero-order valence-electron chi connectivity index (χ0n) is 13.7. The number of rotatable bonds is 5. The summed E-state index contributed by atoms with van der Waals surface area (Å²) in [6, 6.07) is 13.8. The number of hydrogen-bond acceptors (Lipinski definition) is 3. The van der Waals surface area contributed by atoms with E-state index in [0.717, 1.165) is 17.7 Å². The van der Waals surface area contributed by atoms with Crippen molar-refractivity contribution in [3.63, 3.8) is 0 Å². The van der Waals surface area contributed by atoms with Gasteiger partial charge in [-0.05, 0) is 48.7 Å². The molecular weight excluding hydrogens is 306 g/mol. The van der Waals surface area contributed by atoms with Crippen LogP contribution >= 0.6 is 0 Å². The molecule has 0 heterocycles. The lowest BCUT2D eigenvalue weighted by Crippen LogP contribution is -2.31. The van der Waals surface area contributed by atoms with Crippen LogP contribution in [0.1, 0.15) is 41.4 Å². The highest BCUT2D eigenvalue weighted by Crippen LogP contribution is 2.14. The van der Waals surface area contributed by atoms with Crippen LogP contribution in [0.2, 0.25) is 0 Å². The zero-order chi connectivity index (χ0) is 17.5. The fraction of sp³-hybridized carbons (Fsp3) is 0.222. The van der Waals surface area contributed by atoms with Crippen molar-refractivity contribution in [2.75, 3.05) is 5.32 Å². The second-order valence-corrected chi connectivity index (χ2v) is 5.43. The number of urea groups is 1. The standard InChI is InChI=1S/C18H21N3O3/c1-3-13-4-10-16(11-5-13)20-18(23)19-12(2)14-6-8-15(9-7-14)17(22)21-24/h4-12,24H,3H2,1-2H3,(H,21,22)(H2,19,20,23). The van der Waals surface area contributed by atoms with Crippen molar-refractivity contribution in [1.82, 2.24) is 10.8 Å². The van der Waals surface area contributed by atoms with E-state index in [-0.39, 0.29) is 12.1 Å². The summed E-state index contributed by atoms with van der Waals surface area (Å²) >= 11 is 0. The van der Waals surface area contributed by atoms with Crippen LogP contribution in [-0.2, 0) is 6.42 Å². The van der Waals surface area contributed by atoms with E-state index in [2.05, 4.69) is 17.6 Å². The highest BCUT2D eigenvalue weighted by Gasteiger charge is 2.11. The number of carbonyl (C=O) groups excluding carboxylic acids is 2. The minimum absolute atomic E-state index is 0.230. The average molecular weight is 327 g/mol. The number of anilines is 1.